The standard InChI is InChI=1S/C16H24O6/c1-11(2)13(19)21-16(22-14(20)12(3)4)8-6-5-7-15(16,9-17)10-18/h17-18H,1,3,5-10H2,2,4H3. The summed E-state index contributed by atoms with van der Waals surface area (Å²) in [4.78, 5) is 24.0. The van der Waals surface area contributed by atoms with Crippen LogP contribution in [0.4, 0.5) is 0 Å². The van der Waals surface area contributed by atoms with E-state index in [0.29, 0.717) is 12.8 Å². The first-order valence-corrected chi connectivity index (χ1v) is 7.23. The molecule has 0 radical (unpaired) electrons. The van der Waals surface area contributed by atoms with Gasteiger partial charge in [0.05, 0.1) is 18.6 Å². The Hall–Kier alpha value is -1.66. The Balaban J connectivity index is 3.28. The predicted octanol–water partition coefficient (Wildman–Crippen LogP) is 1.47. The molecule has 1 fully saturated rings. The van der Waals surface area contributed by atoms with Crippen molar-refractivity contribution in [2.24, 2.45) is 5.41 Å². The SMILES string of the molecule is C=C(C)C(=O)OC1(OC(=O)C(=C)C)CCCCC1(CO)CO. The molecule has 22 heavy (non-hydrogen) atoms. The second kappa shape index (κ2) is 7.07. The van der Waals surface area contributed by atoms with Gasteiger partial charge in [0.1, 0.15) is 0 Å². The van der Waals surface area contributed by atoms with Crippen LogP contribution >= 0.6 is 0 Å². The van der Waals surface area contributed by atoms with Crippen LogP contribution in [-0.4, -0.2) is 41.2 Å². The number of hydrogen-bond donors (Lipinski definition) is 2. The summed E-state index contributed by atoms with van der Waals surface area (Å²) in [5, 5.41) is 19.6. The van der Waals surface area contributed by atoms with E-state index in [1.807, 2.05) is 0 Å². The van der Waals surface area contributed by atoms with Crippen molar-refractivity contribution >= 4 is 11.9 Å². The third kappa shape index (κ3) is 3.39. The van der Waals surface area contributed by atoms with E-state index in [1.165, 1.54) is 13.8 Å². The molecule has 0 saturated heterocycles. The van der Waals surface area contributed by atoms with Crippen LogP contribution < -0.4 is 0 Å². The number of esters is 2. The Morgan fingerprint density at radius 2 is 1.36 bits per heavy atom. The maximum absolute atomic E-state index is 12.0. The molecule has 1 aliphatic carbocycles. The first-order chi connectivity index (χ1) is 10.2. The van der Waals surface area contributed by atoms with Gasteiger partial charge in [0, 0.05) is 17.6 Å². The molecule has 1 saturated carbocycles. The van der Waals surface area contributed by atoms with Crippen LogP contribution in [-0.2, 0) is 19.1 Å². The highest BCUT2D eigenvalue weighted by atomic mass is 16.7. The third-order valence-corrected chi connectivity index (χ3v) is 4.04. The van der Waals surface area contributed by atoms with Gasteiger partial charge in [0.2, 0.25) is 0 Å². The van der Waals surface area contributed by atoms with Crippen molar-refractivity contribution in [3.05, 3.63) is 24.3 Å². The lowest BCUT2D eigenvalue weighted by Gasteiger charge is -2.49. The smallest absolute Gasteiger partial charge is 0.336 e. The van der Waals surface area contributed by atoms with Crippen molar-refractivity contribution in [3.8, 4) is 0 Å². The van der Waals surface area contributed by atoms with Crippen molar-refractivity contribution in [1.82, 2.24) is 0 Å². The maximum Gasteiger partial charge on any atom is 0.336 e. The van der Waals surface area contributed by atoms with Crippen molar-refractivity contribution in [3.63, 3.8) is 0 Å². The molecule has 0 aromatic rings. The Morgan fingerprint density at radius 1 is 0.955 bits per heavy atom. The van der Waals surface area contributed by atoms with Gasteiger partial charge in [-0.1, -0.05) is 19.6 Å². The minimum Gasteiger partial charge on any atom is -0.418 e. The van der Waals surface area contributed by atoms with Crippen molar-refractivity contribution < 1.29 is 29.3 Å². The van der Waals surface area contributed by atoms with Crippen molar-refractivity contribution in [1.29, 1.82) is 0 Å². The van der Waals surface area contributed by atoms with Gasteiger partial charge in [0.15, 0.2) is 0 Å². The van der Waals surface area contributed by atoms with Crippen molar-refractivity contribution in [2.45, 2.75) is 45.3 Å². The maximum atomic E-state index is 12.0. The topological polar surface area (TPSA) is 93.1 Å². The summed E-state index contributed by atoms with van der Waals surface area (Å²) in [5.74, 6) is -3.19. The summed E-state index contributed by atoms with van der Waals surface area (Å²) >= 11 is 0. The quantitative estimate of drug-likeness (QED) is 0.438. The van der Waals surface area contributed by atoms with Crippen LogP contribution in [0.25, 0.3) is 0 Å². The number of hydrogen-bond acceptors (Lipinski definition) is 6. The zero-order chi connectivity index (χ0) is 17.0. The average Bonchev–Trinajstić information content (AvgIpc) is 2.47. The number of carbonyl (C=O) groups is 2. The Labute approximate surface area is 130 Å². The minimum atomic E-state index is -1.72. The first-order valence-electron chi connectivity index (χ1n) is 7.23. The molecule has 0 aliphatic heterocycles. The third-order valence-electron chi connectivity index (χ3n) is 4.04. The largest absolute Gasteiger partial charge is 0.418 e. The van der Waals surface area contributed by atoms with Gasteiger partial charge in [-0.3, -0.25) is 0 Å². The van der Waals surface area contributed by atoms with Crippen LogP contribution in [0.3, 0.4) is 0 Å². The van der Waals surface area contributed by atoms with Gasteiger partial charge in [0.25, 0.3) is 5.79 Å². The molecule has 0 aromatic heterocycles. The predicted molar refractivity (Wildman–Crippen MR) is 79.6 cm³/mol. The molecule has 1 rings (SSSR count). The number of aliphatic hydroxyl groups excluding tert-OH is 2. The van der Waals surface area contributed by atoms with Gasteiger partial charge >= 0.3 is 11.9 Å². The molecule has 0 atom stereocenters. The second-order valence-corrected chi connectivity index (χ2v) is 5.90. The number of ether oxygens (including phenoxy) is 2. The summed E-state index contributed by atoms with van der Waals surface area (Å²) in [6, 6.07) is 0. The fraction of sp³-hybridized carbons (Fsp3) is 0.625. The van der Waals surface area contributed by atoms with Crippen LogP contribution in [0.15, 0.2) is 24.3 Å². The summed E-state index contributed by atoms with van der Waals surface area (Å²) < 4.78 is 10.8. The lowest BCUT2D eigenvalue weighted by atomic mass is 9.69. The molecule has 0 spiro atoms. The Kier molecular flexibility index (Phi) is 5.91. The van der Waals surface area contributed by atoms with Crippen LogP contribution in [0.2, 0.25) is 0 Å². The number of carbonyl (C=O) groups excluding carboxylic acids is 2. The fourth-order valence-electron chi connectivity index (χ4n) is 2.54. The molecule has 124 valence electrons. The van der Waals surface area contributed by atoms with Gasteiger partial charge in [-0.2, -0.15) is 0 Å². The van der Waals surface area contributed by atoms with E-state index in [0.717, 1.165) is 6.42 Å². The van der Waals surface area contributed by atoms with E-state index >= 15 is 0 Å². The first kappa shape index (κ1) is 18.4. The summed E-state index contributed by atoms with van der Waals surface area (Å²) in [5.41, 5.74) is -0.969. The van der Waals surface area contributed by atoms with E-state index in [-0.39, 0.29) is 17.6 Å². The monoisotopic (exact) mass is 312 g/mol. The van der Waals surface area contributed by atoms with E-state index in [9.17, 15) is 19.8 Å². The molecular weight excluding hydrogens is 288 g/mol. The van der Waals surface area contributed by atoms with E-state index < -0.39 is 36.4 Å². The number of rotatable bonds is 6. The Morgan fingerprint density at radius 3 is 1.73 bits per heavy atom. The highest BCUT2D eigenvalue weighted by Gasteiger charge is 2.58. The molecule has 0 bridgehead atoms. The van der Waals surface area contributed by atoms with Gasteiger partial charge in [-0.25, -0.2) is 9.59 Å². The summed E-state index contributed by atoms with van der Waals surface area (Å²) in [6.07, 6.45) is 1.92. The zero-order valence-corrected chi connectivity index (χ0v) is 13.2. The Bertz CT molecular complexity index is 447. The lowest BCUT2D eigenvalue weighted by Crippen LogP contribution is -2.60. The molecule has 1 aliphatic rings. The summed E-state index contributed by atoms with van der Waals surface area (Å²) in [6.45, 7) is 9.01. The molecule has 6 nitrogen and oxygen atoms in total. The molecule has 0 unspecified atom stereocenters. The van der Waals surface area contributed by atoms with E-state index in [1.54, 1.807) is 0 Å². The molecule has 2 N–H and O–H groups in total. The zero-order valence-electron chi connectivity index (χ0n) is 13.2. The molecule has 0 amide bonds. The molecular formula is C16H24O6. The van der Waals surface area contributed by atoms with E-state index in [2.05, 4.69) is 13.2 Å². The number of aliphatic hydroxyl groups is 2. The van der Waals surface area contributed by atoms with Crippen molar-refractivity contribution in [2.75, 3.05) is 13.2 Å². The van der Waals surface area contributed by atoms with E-state index in [4.69, 9.17) is 9.47 Å². The fourth-order valence-corrected chi connectivity index (χ4v) is 2.54. The van der Waals surface area contributed by atoms with Gasteiger partial charge in [-0.15, -0.1) is 0 Å². The highest BCUT2D eigenvalue weighted by molar-refractivity contribution is 5.89. The molecule has 0 aromatic carbocycles. The van der Waals surface area contributed by atoms with Gasteiger partial charge < -0.3 is 19.7 Å². The lowest BCUT2D eigenvalue weighted by molar-refractivity contribution is -0.295. The summed E-state index contributed by atoms with van der Waals surface area (Å²) in [7, 11) is 0. The van der Waals surface area contributed by atoms with Crippen LogP contribution in [0.5, 0.6) is 0 Å². The second-order valence-electron chi connectivity index (χ2n) is 5.90. The van der Waals surface area contributed by atoms with Gasteiger partial charge in [-0.05, 0) is 26.7 Å². The normalized spacial score (nSPS) is 19.1. The van der Waals surface area contributed by atoms with Crippen LogP contribution in [0, 0.1) is 5.41 Å². The molecule has 6 heteroatoms. The average molecular weight is 312 g/mol. The molecule has 0 heterocycles. The highest BCUT2D eigenvalue weighted by Crippen LogP contribution is 2.48. The van der Waals surface area contributed by atoms with Crippen LogP contribution in [0.1, 0.15) is 39.5 Å². The minimum absolute atomic E-state index is 0.140.